The first-order valence-electron chi connectivity index (χ1n) is 14.9. The Hall–Kier alpha value is -3.90. The molecule has 3 heterocycles. The number of pyridine rings is 2. The first-order chi connectivity index (χ1) is 20.6. The molecule has 0 atom stereocenters. The van der Waals surface area contributed by atoms with E-state index in [0.29, 0.717) is 78.0 Å². The highest BCUT2D eigenvalue weighted by atomic mass is 15.2. The Bertz CT molecular complexity index is 1070. The Labute approximate surface area is 251 Å². The average Bonchev–Trinajstić information content (AvgIpc) is 2.99. The second-order valence-electron chi connectivity index (χ2n) is 10.7. The summed E-state index contributed by atoms with van der Waals surface area (Å²) in [7, 11) is 0. The van der Waals surface area contributed by atoms with Crippen LogP contribution in [-0.4, -0.2) is 81.9 Å². The van der Waals surface area contributed by atoms with Crippen molar-refractivity contribution in [2.24, 2.45) is 0 Å². The molecule has 1 aliphatic rings. The summed E-state index contributed by atoms with van der Waals surface area (Å²) >= 11 is 0. The normalized spacial score (nSPS) is 16.9. The van der Waals surface area contributed by atoms with Crippen LogP contribution in [0.2, 0.25) is 0 Å². The Balaban J connectivity index is 1.86. The van der Waals surface area contributed by atoms with Crippen LogP contribution in [0.5, 0.6) is 0 Å². The lowest BCUT2D eigenvalue weighted by Crippen LogP contribution is -2.32. The van der Waals surface area contributed by atoms with E-state index >= 15 is 0 Å². The van der Waals surface area contributed by atoms with E-state index in [1.54, 1.807) is 0 Å². The molecule has 0 aliphatic carbocycles. The monoisotopic (exact) mass is 566 g/mol. The van der Waals surface area contributed by atoms with Crippen LogP contribution in [0.1, 0.15) is 61.3 Å². The zero-order valence-electron chi connectivity index (χ0n) is 24.7. The SMILES string of the molecule is N#CCCN1CCCN(CCC#N)Cc2cccc(n2)CN(CCC#N)CCCN(CCC#N)Cc2cccc(n2)C1. The van der Waals surface area contributed by atoms with E-state index in [1.807, 2.05) is 36.4 Å². The highest BCUT2D eigenvalue weighted by Crippen LogP contribution is 2.13. The number of nitrogens with zero attached hydrogens (tertiary/aromatic N) is 10. The molecule has 3 rings (SSSR count). The first-order valence-corrected chi connectivity index (χ1v) is 14.9. The molecular weight excluding hydrogens is 524 g/mol. The van der Waals surface area contributed by atoms with Crippen LogP contribution in [0.3, 0.4) is 0 Å². The van der Waals surface area contributed by atoms with Crippen LogP contribution < -0.4 is 0 Å². The largest absolute Gasteiger partial charge is 0.296 e. The quantitative estimate of drug-likeness (QED) is 0.464. The van der Waals surface area contributed by atoms with E-state index in [9.17, 15) is 21.0 Å². The van der Waals surface area contributed by atoms with Crippen molar-refractivity contribution in [2.45, 2.75) is 64.7 Å². The molecule has 0 radical (unpaired) electrons. The highest BCUT2D eigenvalue weighted by molar-refractivity contribution is 5.13. The van der Waals surface area contributed by atoms with Crippen LogP contribution >= 0.6 is 0 Å². The molecule has 0 unspecified atom stereocenters. The molecule has 4 bridgehead atoms. The molecule has 1 aliphatic heterocycles. The van der Waals surface area contributed by atoms with Gasteiger partial charge in [-0.15, -0.1) is 0 Å². The van der Waals surface area contributed by atoms with E-state index in [0.717, 1.165) is 61.8 Å². The molecule has 0 spiro atoms. The van der Waals surface area contributed by atoms with Gasteiger partial charge in [-0.25, -0.2) is 0 Å². The van der Waals surface area contributed by atoms with Crippen molar-refractivity contribution in [3.05, 3.63) is 59.2 Å². The predicted molar refractivity (Wildman–Crippen MR) is 160 cm³/mol. The lowest BCUT2D eigenvalue weighted by atomic mass is 10.2. The molecule has 0 amide bonds. The topological polar surface area (TPSA) is 134 Å². The van der Waals surface area contributed by atoms with Crippen LogP contribution in [0.25, 0.3) is 0 Å². The number of hydrogen-bond donors (Lipinski definition) is 0. The minimum absolute atomic E-state index is 0.460. The minimum atomic E-state index is 0.460. The Kier molecular flexibility index (Phi) is 15.0. The molecule has 2 aromatic rings. The molecule has 0 saturated carbocycles. The molecule has 0 saturated heterocycles. The summed E-state index contributed by atoms with van der Waals surface area (Å²) in [6, 6.07) is 21.4. The van der Waals surface area contributed by atoms with Gasteiger partial charge in [0, 0.05) is 78.0 Å². The summed E-state index contributed by atoms with van der Waals surface area (Å²) in [5.74, 6) is 0. The van der Waals surface area contributed by atoms with E-state index in [1.165, 1.54) is 0 Å². The number of aromatic nitrogens is 2. The van der Waals surface area contributed by atoms with Crippen molar-refractivity contribution < 1.29 is 0 Å². The molecule has 10 heteroatoms. The Morgan fingerprint density at radius 1 is 0.476 bits per heavy atom. The summed E-state index contributed by atoms with van der Waals surface area (Å²) in [5, 5.41) is 37.0. The van der Waals surface area contributed by atoms with Crippen LogP contribution in [-0.2, 0) is 26.2 Å². The van der Waals surface area contributed by atoms with Gasteiger partial charge < -0.3 is 0 Å². The van der Waals surface area contributed by atoms with E-state index < -0.39 is 0 Å². The van der Waals surface area contributed by atoms with Crippen molar-refractivity contribution in [2.75, 3.05) is 52.4 Å². The zero-order chi connectivity index (χ0) is 29.8. The van der Waals surface area contributed by atoms with Gasteiger partial charge in [0.15, 0.2) is 0 Å². The van der Waals surface area contributed by atoms with Crippen LogP contribution in [0, 0.1) is 45.3 Å². The fourth-order valence-electron chi connectivity index (χ4n) is 5.28. The standard InChI is InChI=1S/C32H42N10/c33-13-3-17-39-21-7-23-41(19-5-15-35)27-31-11-2-12-32(38-31)28-42(20-6-16-36)24-8-22-40(18-4-14-34)26-30-10-1-9-29(25-39)37-30/h1-2,9-12H,3-8,17-28H2. The van der Waals surface area contributed by atoms with Gasteiger partial charge in [-0.1, -0.05) is 12.1 Å². The lowest BCUT2D eigenvalue weighted by molar-refractivity contribution is 0.213. The van der Waals surface area contributed by atoms with Crippen molar-refractivity contribution in [1.82, 2.24) is 29.6 Å². The Morgan fingerprint density at radius 2 is 0.738 bits per heavy atom. The van der Waals surface area contributed by atoms with Gasteiger partial charge in [0.05, 0.1) is 47.1 Å². The maximum absolute atomic E-state index is 9.24. The second kappa shape index (κ2) is 19.3. The van der Waals surface area contributed by atoms with Crippen molar-refractivity contribution in [1.29, 1.82) is 21.0 Å². The molecule has 10 nitrogen and oxygen atoms in total. The minimum Gasteiger partial charge on any atom is -0.296 e. The average molecular weight is 567 g/mol. The molecular formula is C32H42N10. The highest BCUT2D eigenvalue weighted by Gasteiger charge is 2.15. The molecule has 220 valence electrons. The molecule has 0 aromatic carbocycles. The van der Waals surface area contributed by atoms with Gasteiger partial charge in [0.2, 0.25) is 0 Å². The number of rotatable bonds is 8. The molecule has 0 N–H and O–H groups in total. The summed E-state index contributed by atoms with van der Waals surface area (Å²) in [6.45, 7) is 8.71. The van der Waals surface area contributed by atoms with Gasteiger partial charge in [-0.2, -0.15) is 21.0 Å². The van der Waals surface area contributed by atoms with Crippen molar-refractivity contribution in [3.8, 4) is 24.3 Å². The third kappa shape index (κ3) is 12.3. The zero-order valence-corrected chi connectivity index (χ0v) is 24.7. The maximum atomic E-state index is 9.24. The maximum Gasteiger partial charge on any atom is 0.0635 e. The van der Waals surface area contributed by atoms with Gasteiger partial charge in [-0.3, -0.25) is 29.6 Å². The summed E-state index contributed by atoms with van der Waals surface area (Å²) in [5.41, 5.74) is 3.91. The van der Waals surface area contributed by atoms with Crippen molar-refractivity contribution >= 4 is 0 Å². The molecule has 2 aromatic heterocycles. The molecule has 0 fully saturated rings. The van der Waals surface area contributed by atoms with Gasteiger partial charge in [0.1, 0.15) is 0 Å². The van der Waals surface area contributed by atoms with Crippen LogP contribution in [0.4, 0.5) is 0 Å². The van der Waals surface area contributed by atoms with E-state index in [2.05, 4.69) is 43.9 Å². The number of hydrogen-bond acceptors (Lipinski definition) is 10. The van der Waals surface area contributed by atoms with Crippen LogP contribution in [0.15, 0.2) is 36.4 Å². The predicted octanol–water partition coefficient (Wildman–Crippen LogP) is 3.83. The van der Waals surface area contributed by atoms with Gasteiger partial charge in [-0.05, 0) is 63.3 Å². The van der Waals surface area contributed by atoms with Gasteiger partial charge in [0.25, 0.3) is 0 Å². The second-order valence-corrected chi connectivity index (χ2v) is 10.7. The fourth-order valence-corrected chi connectivity index (χ4v) is 5.28. The van der Waals surface area contributed by atoms with E-state index in [-0.39, 0.29) is 0 Å². The summed E-state index contributed by atoms with van der Waals surface area (Å²) < 4.78 is 0. The Morgan fingerprint density at radius 3 is 0.976 bits per heavy atom. The lowest BCUT2D eigenvalue weighted by Gasteiger charge is -2.26. The summed E-state index contributed by atoms with van der Waals surface area (Å²) in [4.78, 5) is 19.1. The number of fused-ring (bicyclic) bond motifs is 4. The van der Waals surface area contributed by atoms with E-state index in [4.69, 9.17) is 9.97 Å². The summed E-state index contributed by atoms with van der Waals surface area (Å²) in [6.07, 6.45) is 3.65. The molecule has 42 heavy (non-hydrogen) atoms. The smallest absolute Gasteiger partial charge is 0.0635 e. The van der Waals surface area contributed by atoms with Gasteiger partial charge >= 0.3 is 0 Å². The third-order valence-corrected chi connectivity index (χ3v) is 7.33. The third-order valence-electron chi connectivity index (χ3n) is 7.33. The fraction of sp³-hybridized carbons (Fsp3) is 0.562. The van der Waals surface area contributed by atoms with Crippen molar-refractivity contribution in [3.63, 3.8) is 0 Å². The first kappa shape index (κ1) is 32.6. The number of nitriles is 4.